The Hall–Kier alpha value is -3.19. The summed E-state index contributed by atoms with van der Waals surface area (Å²) in [5, 5.41) is 8.82. The van der Waals surface area contributed by atoms with Gasteiger partial charge in [-0.1, -0.05) is 45.0 Å². The van der Waals surface area contributed by atoms with Crippen molar-refractivity contribution in [2.75, 3.05) is 0 Å². The van der Waals surface area contributed by atoms with Gasteiger partial charge in [0.1, 0.15) is 0 Å². The maximum Gasteiger partial charge on any atom is 0.363 e. The Balaban J connectivity index is 1.87. The first-order chi connectivity index (χ1) is 11.9. The number of hydrogen-bond donors (Lipinski definition) is 0. The highest BCUT2D eigenvalue weighted by Gasteiger charge is 2.24. The number of hydrogen-bond acceptors (Lipinski definition) is 4. The number of cyclic esters (lactones) is 1. The number of esters is 1. The number of nitrogens with zero attached hydrogens (tertiary/aromatic N) is 2. The van der Waals surface area contributed by atoms with Gasteiger partial charge in [-0.3, -0.25) is 0 Å². The van der Waals surface area contributed by atoms with Crippen LogP contribution in [0.5, 0.6) is 0 Å². The molecule has 1 aliphatic heterocycles. The fourth-order valence-corrected chi connectivity index (χ4v) is 2.46. The van der Waals surface area contributed by atoms with Crippen molar-refractivity contribution in [3.8, 4) is 6.07 Å². The molecule has 0 atom stereocenters. The Kier molecular flexibility index (Phi) is 4.24. The Morgan fingerprint density at radius 2 is 1.68 bits per heavy atom. The molecule has 2 aromatic rings. The molecule has 1 aliphatic rings. The standard InChI is InChI=1S/C21H18N2O2/c1-21(2,3)17-10-8-16(9-11-17)19-23-18(20(24)25-19)12-14-4-6-15(13-22)7-5-14/h4-12H,1-3H3/b18-12+. The lowest BCUT2D eigenvalue weighted by atomic mass is 9.87. The summed E-state index contributed by atoms with van der Waals surface area (Å²) in [6, 6.07) is 16.9. The van der Waals surface area contributed by atoms with E-state index in [1.54, 1.807) is 30.3 Å². The van der Waals surface area contributed by atoms with Crippen LogP contribution in [0, 0.1) is 11.3 Å². The van der Waals surface area contributed by atoms with Crippen LogP contribution in [0.25, 0.3) is 6.08 Å². The number of benzene rings is 2. The molecule has 2 aromatic carbocycles. The topological polar surface area (TPSA) is 62.5 Å². The van der Waals surface area contributed by atoms with Crippen molar-refractivity contribution in [3.63, 3.8) is 0 Å². The predicted molar refractivity (Wildman–Crippen MR) is 96.9 cm³/mol. The van der Waals surface area contributed by atoms with Crippen LogP contribution in [0.4, 0.5) is 0 Å². The van der Waals surface area contributed by atoms with Gasteiger partial charge in [0.15, 0.2) is 5.70 Å². The lowest BCUT2D eigenvalue weighted by molar-refractivity contribution is -0.129. The molecule has 0 saturated heterocycles. The second kappa shape index (κ2) is 6.37. The number of ether oxygens (including phenoxy) is 1. The van der Waals surface area contributed by atoms with Gasteiger partial charge >= 0.3 is 5.97 Å². The summed E-state index contributed by atoms with van der Waals surface area (Å²) in [5.41, 5.74) is 3.64. The summed E-state index contributed by atoms with van der Waals surface area (Å²) in [6.07, 6.45) is 1.65. The molecular formula is C21H18N2O2. The third kappa shape index (κ3) is 3.67. The van der Waals surface area contributed by atoms with Crippen LogP contribution in [-0.4, -0.2) is 11.9 Å². The van der Waals surface area contributed by atoms with Crippen molar-refractivity contribution in [1.82, 2.24) is 0 Å². The average molecular weight is 330 g/mol. The van der Waals surface area contributed by atoms with Gasteiger partial charge in [-0.15, -0.1) is 0 Å². The van der Waals surface area contributed by atoms with E-state index < -0.39 is 5.97 Å². The lowest BCUT2D eigenvalue weighted by Crippen LogP contribution is -2.11. The smallest absolute Gasteiger partial charge is 0.363 e. The quantitative estimate of drug-likeness (QED) is 0.612. The lowest BCUT2D eigenvalue weighted by Gasteiger charge is -2.18. The van der Waals surface area contributed by atoms with Crippen molar-refractivity contribution in [1.29, 1.82) is 5.26 Å². The Morgan fingerprint density at radius 1 is 1.04 bits per heavy atom. The van der Waals surface area contributed by atoms with Crippen LogP contribution in [0.1, 0.15) is 43.0 Å². The second-order valence-electron chi connectivity index (χ2n) is 6.90. The number of aliphatic imine (C=N–C) groups is 1. The maximum atomic E-state index is 12.1. The molecular weight excluding hydrogens is 312 g/mol. The minimum Gasteiger partial charge on any atom is -0.402 e. The minimum absolute atomic E-state index is 0.0628. The highest BCUT2D eigenvalue weighted by Crippen LogP contribution is 2.24. The Labute approximate surface area is 147 Å². The molecule has 0 saturated carbocycles. The van der Waals surface area contributed by atoms with Crippen molar-refractivity contribution >= 4 is 17.9 Å². The summed E-state index contributed by atoms with van der Waals surface area (Å²) in [4.78, 5) is 16.4. The molecule has 0 spiro atoms. The number of nitriles is 1. The van der Waals surface area contributed by atoms with E-state index in [9.17, 15) is 4.79 Å². The van der Waals surface area contributed by atoms with E-state index in [0.29, 0.717) is 11.5 Å². The molecule has 0 N–H and O–H groups in total. The van der Waals surface area contributed by atoms with Gasteiger partial charge in [-0.25, -0.2) is 9.79 Å². The minimum atomic E-state index is -0.473. The first-order valence-electron chi connectivity index (χ1n) is 8.00. The highest BCUT2D eigenvalue weighted by molar-refractivity contribution is 6.12. The first kappa shape index (κ1) is 16.7. The van der Waals surface area contributed by atoms with Crippen molar-refractivity contribution < 1.29 is 9.53 Å². The van der Waals surface area contributed by atoms with E-state index in [2.05, 4.69) is 31.8 Å². The molecule has 4 nitrogen and oxygen atoms in total. The van der Waals surface area contributed by atoms with Gasteiger partial charge < -0.3 is 4.74 Å². The van der Waals surface area contributed by atoms with E-state index in [1.807, 2.05) is 24.3 Å². The third-order valence-electron chi connectivity index (χ3n) is 3.96. The molecule has 0 amide bonds. The monoisotopic (exact) mass is 330 g/mol. The first-order valence-corrected chi connectivity index (χ1v) is 8.00. The van der Waals surface area contributed by atoms with E-state index >= 15 is 0 Å². The van der Waals surface area contributed by atoms with Gasteiger partial charge in [0.05, 0.1) is 11.6 Å². The Morgan fingerprint density at radius 3 is 2.24 bits per heavy atom. The summed E-state index contributed by atoms with van der Waals surface area (Å²) in [6.45, 7) is 6.44. The van der Waals surface area contributed by atoms with Crippen molar-refractivity contribution in [3.05, 3.63) is 76.5 Å². The third-order valence-corrected chi connectivity index (χ3v) is 3.96. The fourth-order valence-electron chi connectivity index (χ4n) is 2.46. The van der Waals surface area contributed by atoms with Gasteiger partial charge in [-0.2, -0.15) is 5.26 Å². The number of carbonyl (C=O) groups excluding carboxylic acids is 1. The summed E-state index contributed by atoms with van der Waals surface area (Å²) < 4.78 is 5.29. The summed E-state index contributed by atoms with van der Waals surface area (Å²) in [5.74, 6) is -0.162. The molecule has 0 bridgehead atoms. The normalized spacial score (nSPS) is 15.7. The maximum absolute atomic E-state index is 12.1. The molecule has 25 heavy (non-hydrogen) atoms. The van der Waals surface area contributed by atoms with Crippen LogP contribution in [0.15, 0.2) is 59.2 Å². The average Bonchev–Trinajstić information content (AvgIpc) is 2.96. The molecule has 0 aromatic heterocycles. The Bertz CT molecular complexity index is 906. The largest absolute Gasteiger partial charge is 0.402 e. The summed E-state index contributed by atoms with van der Waals surface area (Å²) >= 11 is 0. The summed E-state index contributed by atoms with van der Waals surface area (Å²) in [7, 11) is 0. The number of rotatable bonds is 2. The zero-order valence-corrected chi connectivity index (χ0v) is 14.4. The predicted octanol–water partition coefficient (Wildman–Crippen LogP) is 4.20. The molecule has 1 heterocycles. The highest BCUT2D eigenvalue weighted by atomic mass is 16.6. The second-order valence-corrected chi connectivity index (χ2v) is 6.90. The molecule has 3 rings (SSSR count). The van der Waals surface area contributed by atoms with Gasteiger partial charge in [0, 0.05) is 5.56 Å². The van der Waals surface area contributed by atoms with Crippen molar-refractivity contribution in [2.24, 2.45) is 4.99 Å². The van der Waals surface area contributed by atoms with Gasteiger partial charge in [-0.05, 0) is 46.9 Å². The van der Waals surface area contributed by atoms with Gasteiger partial charge in [0.2, 0.25) is 5.90 Å². The SMILES string of the molecule is CC(C)(C)c1ccc(C2=N/C(=C/c3ccc(C#N)cc3)C(=O)O2)cc1. The van der Waals surface area contributed by atoms with E-state index in [-0.39, 0.29) is 11.1 Å². The zero-order valence-electron chi connectivity index (χ0n) is 14.4. The fraction of sp³-hybridized carbons (Fsp3) is 0.190. The van der Waals surface area contributed by atoms with Crippen LogP contribution in [0.3, 0.4) is 0 Å². The van der Waals surface area contributed by atoms with E-state index in [0.717, 1.165) is 11.1 Å². The molecule has 4 heteroatoms. The number of carbonyl (C=O) groups is 1. The molecule has 124 valence electrons. The van der Waals surface area contributed by atoms with Crippen LogP contribution in [-0.2, 0) is 14.9 Å². The van der Waals surface area contributed by atoms with E-state index in [4.69, 9.17) is 10.00 Å². The van der Waals surface area contributed by atoms with Crippen LogP contribution < -0.4 is 0 Å². The van der Waals surface area contributed by atoms with Crippen LogP contribution >= 0.6 is 0 Å². The molecule has 0 aliphatic carbocycles. The molecule has 0 radical (unpaired) electrons. The van der Waals surface area contributed by atoms with E-state index in [1.165, 1.54) is 5.56 Å². The molecule has 0 unspecified atom stereocenters. The van der Waals surface area contributed by atoms with Gasteiger partial charge in [0.25, 0.3) is 0 Å². The zero-order chi connectivity index (χ0) is 18.0. The van der Waals surface area contributed by atoms with Crippen LogP contribution in [0.2, 0.25) is 0 Å². The van der Waals surface area contributed by atoms with Crippen molar-refractivity contribution in [2.45, 2.75) is 26.2 Å². The molecule has 0 fully saturated rings.